The first-order valence-electron chi connectivity index (χ1n) is 11.4. The van der Waals surface area contributed by atoms with Crippen molar-refractivity contribution in [2.75, 3.05) is 10.8 Å². The summed E-state index contributed by atoms with van der Waals surface area (Å²) < 4.78 is 34.4. The molecular formula is C27H29ClN2O4S. The van der Waals surface area contributed by atoms with E-state index in [1.165, 1.54) is 15.9 Å². The van der Waals surface area contributed by atoms with Crippen molar-refractivity contribution >= 4 is 33.2 Å². The standard InChI is InChI=1S/C27H29ClN2O4S/c1-16-6-9-22(10-7-16)35(32,33)30-15-26(34-25-11-8-21(28)14-24(25)30)27(31)29-20(5)23-13-18(3)17(2)12-19(23)4/h6-14,20,26H,15H2,1-5H3,(H,29,31). The molecule has 1 heterocycles. The van der Waals surface area contributed by atoms with Crippen molar-refractivity contribution in [1.29, 1.82) is 0 Å². The van der Waals surface area contributed by atoms with Crippen LogP contribution < -0.4 is 14.4 Å². The second kappa shape index (κ2) is 9.55. The molecule has 0 spiro atoms. The summed E-state index contributed by atoms with van der Waals surface area (Å²) in [6, 6.07) is 15.2. The van der Waals surface area contributed by atoms with Crippen LogP contribution in [-0.4, -0.2) is 27.0 Å². The van der Waals surface area contributed by atoms with Crippen LogP contribution in [0.3, 0.4) is 0 Å². The lowest BCUT2D eigenvalue weighted by atomic mass is 9.96. The Bertz CT molecular complexity index is 1390. The minimum absolute atomic E-state index is 0.134. The number of hydrogen-bond acceptors (Lipinski definition) is 4. The highest BCUT2D eigenvalue weighted by atomic mass is 35.5. The third-order valence-corrected chi connectivity index (χ3v) is 8.43. The van der Waals surface area contributed by atoms with Gasteiger partial charge in [-0.2, -0.15) is 0 Å². The van der Waals surface area contributed by atoms with E-state index in [1.807, 2.05) is 27.7 Å². The number of nitrogens with zero attached hydrogens (tertiary/aromatic N) is 1. The van der Waals surface area contributed by atoms with Crippen molar-refractivity contribution in [3.8, 4) is 5.75 Å². The van der Waals surface area contributed by atoms with Crippen molar-refractivity contribution in [2.45, 2.75) is 51.7 Å². The number of hydrogen-bond donors (Lipinski definition) is 1. The monoisotopic (exact) mass is 512 g/mol. The Morgan fingerprint density at radius 2 is 1.66 bits per heavy atom. The number of rotatable bonds is 5. The zero-order valence-corrected chi connectivity index (χ0v) is 22.0. The molecule has 1 aliphatic heterocycles. The average molecular weight is 513 g/mol. The Labute approximate surface area is 211 Å². The van der Waals surface area contributed by atoms with Crippen LogP contribution >= 0.6 is 11.6 Å². The van der Waals surface area contributed by atoms with Gasteiger partial charge in [0.25, 0.3) is 15.9 Å². The van der Waals surface area contributed by atoms with Crippen LogP contribution in [0.2, 0.25) is 5.02 Å². The Hall–Kier alpha value is -3.03. The summed E-state index contributed by atoms with van der Waals surface area (Å²) in [7, 11) is -3.96. The summed E-state index contributed by atoms with van der Waals surface area (Å²) in [5.74, 6) is -0.105. The minimum Gasteiger partial charge on any atom is -0.476 e. The molecule has 1 aliphatic rings. The maximum atomic E-state index is 13.6. The maximum absolute atomic E-state index is 13.6. The summed E-state index contributed by atoms with van der Waals surface area (Å²) in [5.41, 5.74) is 5.67. The number of nitrogens with one attached hydrogen (secondary N) is 1. The molecule has 35 heavy (non-hydrogen) atoms. The lowest BCUT2D eigenvalue weighted by Crippen LogP contribution is -2.51. The Morgan fingerprint density at radius 1 is 1.00 bits per heavy atom. The van der Waals surface area contributed by atoms with Gasteiger partial charge in [-0.3, -0.25) is 9.10 Å². The summed E-state index contributed by atoms with van der Waals surface area (Å²) in [6.07, 6.45) is -1.03. The first-order chi connectivity index (χ1) is 16.5. The molecule has 0 saturated heterocycles. The molecule has 4 rings (SSSR count). The van der Waals surface area contributed by atoms with E-state index >= 15 is 0 Å². The number of sulfonamides is 1. The van der Waals surface area contributed by atoms with Gasteiger partial charge in [-0.05, 0) is 87.2 Å². The van der Waals surface area contributed by atoms with E-state index in [2.05, 4.69) is 24.4 Å². The van der Waals surface area contributed by atoms with E-state index in [-0.39, 0.29) is 29.1 Å². The van der Waals surface area contributed by atoms with Crippen LogP contribution in [0.4, 0.5) is 5.69 Å². The van der Waals surface area contributed by atoms with Gasteiger partial charge in [0.1, 0.15) is 5.75 Å². The smallest absolute Gasteiger partial charge is 0.264 e. The second-order valence-corrected chi connectivity index (χ2v) is 11.4. The van der Waals surface area contributed by atoms with Gasteiger partial charge in [0, 0.05) is 5.02 Å². The van der Waals surface area contributed by atoms with Crippen LogP contribution in [-0.2, 0) is 14.8 Å². The Balaban J connectivity index is 1.65. The molecular weight excluding hydrogens is 484 g/mol. The van der Waals surface area contributed by atoms with E-state index in [0.29, 0.717) is 10.7 Å². The number of fused-ring (bicyclic) bond motifs is 1. The molecule has 0 aromatic heterocycles. The zero-order chi connectivity index (χ0) is 25.5. The number of halogens is 1. The minimum atomic E-state index is -3.96. The molecule has 184 valence electrons. The van der Waals surface area contributed by atoms with Crippen molar-refractivity contribution < 1.29 is 17.9 Å². The molecule has 6 nitrogen and oxygen atoms in total. The predicted octanol–water partition coefficient (Wildman–Crippen LogP) is 5.41. The van der Waals surface area contributed by atoms with E-state index in [4.69, 9.17) is 16.3 Å². The fraction of sp³-hybridized carbons (Fsp3) is 0.296. The van der Waals surface area contributed by atoms with Crippen molar-refractivity contribution in [3.63, 3.8) is 0 Å². The van der Waals surface area contributed by atoms with Crippen molar-refractivity contribution in [2.24, 2.45) is 0 Å². The third-order valence-electron chi connectivity index (χ3n) is 6.40. The maximum Gasteiger partial charge on any atom is 0.264 e. The lowest BCUT2D eigenvalue weighted by Gasteiger charge is -2.35. The molecule has 0 radical (unpaired) electrons. The second-order valence-electron chi connectivity index (χ2n) is 9.09. The first-order valence-corrected chi connectivity index (χ1v) is 13.2. The van der Waals surface area contributed by atoms with Gasteiger partial charge in [0.15, 0.2) is 6.10 Å². The number of anilines is 1. The molecule has 0 aliphatic carbocycles. The number of carbonyl (C=O) groups is 1. The molecule has 1 N–H and O–H groups in total. The average Bonchev–Trinajstić information content (AvgIpc) is 2.80. The summed E-state index contributed by atoms with van der Waals surface area (Å²) in [4.78, 5) is 13.4. The number of carbonyl (C=O) groups excluding carboxylic acids is 1. The number of benzene rings is 3. The molecule has 2 unspecified atom stereocenters. The topological polar surface area (TPSA) is 75.7 Å². The molecule has 2 atom stereocenters. The fourth-order valence-electron chi connectivity index (χ4n) is 4.26. The number of ether oxygens (including phenoxy) is 1. The summed E-state index contributed by atoms with van der Waals surface area (Å²) in [5, 5.41) is 3.38. The first kappa shape index (κ1) is 25.1. The SMILES string of the molecule is Cc1ccc(S(=O)(=O)N2CC(C(=O)NC(C)c3cc(C)c(C)cc3C)Oc3ccc(Cl)cc32)cc1. The summed E-state index contributed by atoms with van der Waals surface area (Å²) >= 11 is 6.18. The number of amides is 1. The van der Waals surface area contributed by atoms with Gasteiger partial charge < -0.3 is 10.1 Å². The van der Waals surface area contributed by atoms with Crippen molar-refractivity contribution in [1.82, 2.24) is 5.32 Å². The lowest BCUT2D eigenvalue weighted by molar-refractivity contribution is -0.128. The molecule has 3 aromatic rings. The predicted molar refractivity (Wildman–Crippen MR) is 139 cm³/mol. The van der Waals surface area contributed by atoms with Gasteiger partial charge in [-0.15, -0.1) is 0 Å². The van der Waals surface area contributed by atoms with Crippen LogP contribution in [0.15, 0.2) is 59.5 Å². The van der Waals surface area contributed by atoms with Crippen LogP contribution in [0.5, 0.6) is 5.75 Å². The van der Waals surface area contributed by atoms with Crippen LogP contribution in [0, 0.1) is 27.7 Å². The molecule has 8 heteroatoms. The quantitative estimate of drug-likeness (QED) is 0.496. The van der Waals surface area contributed by atoms with Crippen LogP contribution in [0.1, 0.15) is 40.8 Å². The van der Waals surface area contributed by atoms with E-state index in [9.17, 15) is 13.2 Å². The summed E-state index contributed by atoms with van der Waals surface area (Å²) in [6.45, 7) is 9.72. The fourth-order valence-corrected chi connectivity index (χ4v) is 5.89. The van der Waals surface area contributed by atoms with Gasteiger partial charge in [-0.1, -0.05) is 41.4 Å². The third kappa shape index (κ3) is 5.02. The van der Waals surface area contributed by atoms with Gasteiger partial charge >= 0.3 is 0 Å². The number of aryl methyl sites for hydroxylation is 4. The highest BCUT2D eigenvalue weighted by Gasteiger charge is 2.38. The molecule has 0 bridgehead atoms. The molecule has 0 fully saturated rings. The van der Waals surface area contributed by atoms with Crippen molar-refractivity contribution in [3.05, 3.63) is 87.4 Å². The van der Waals surface area contributed by atoms with E-state index in [1.54, 1.807) is 36.4 Å². The Morgan fingerprint density at radius 3 is 2.34 bits per heavy atom. The van der Waals surface area contributed by atoms with E-state index < -0.39 is 16.1 Å². The molecule has 0 saturated carbocycles. The van der Waals surface area contributed by atoms with Gasteiger partial charge in [0.05, 0.1) is 23.2 Å². The largest absolute Gasteiger partial charge is 0.476 e. The van der Waals surface area contributed by atoms with Gasteiger partial charge in [-0.25, -0.2) is 8.42 Å². The highest BCUT2D eigenvalue weighted by molar-refractivity contribution is 7.92. The van der Waals surface area contributed by atoms with Gasteiger partial charge in [0.2, 0.25) is 0 Å². The highest BCUT2D eigenvalue weighted by Crippen LogP contribution is 2.39. The molecule has 3 aromatic carbocycles. The zero-order valence-electron chi connectivity index (χ0n) is 20.4. The molecule has 1 amide bonds. The normalized spacial score (nSPS) is 16.3. The van der Waals surface area contributed by atoms with E-state index in [0.717, 1.165) is 22.3 Å². The van der Waals surface area contributed by atoms with Crippen LogP contribution in [0.25, 0.3) is 0 Å². The Kier molecular flexibility index (Phi) is 6.84.